The molecule has 2 heteroatoms. The molecule has 0 saturated carbocycles. The van der Waals surface area contributed by atoms with Gasteiger partial charge in [-0.3, -0.25) is 0 Å². The molecular formula is C10H13NS. The van der Waals surface area contributed by atoms with Crippen molar-refractivity contribution in [2.45, 2.75) is 18.2 Å². The zero-order chi connectivity index (χ0) is 8.55. The predicted octanol–water partition coefficient (Wildman–Crippen LogP) is 2.49. The quantitative estimate of drug-likeness (QED) is 0.662. The van der Waals surface area contributed by atoms with Gasteiger partial charge in [0, 0.05) is 17.0 Å². The number of nitrogens with two attached hydrogens (primary N) is 1. The van der Waals surface area contributed by atoms with Crippen molar-refractivity contribution in [1.29, 1.82) is 0 Å². The van der Waals surface area contributed by atoms with E-state index in [4.69, 9.17) is 5.73 Å². The number of hydrogen-bond acceptors (Lipinski definition) is 2. The maximum atomic E-state index is 5.99. The van der Waals surface area contributed by atoms with Gasteiger partial charge in [-0.15, -0.1) is 0 Å². The van der Waals surface area contributed by atoms with Gasteiger partial charge in [-0.05, 0) is 18.1 Å². The standard InChI is InChI=1S/C10H13NS/c1-7-8-4-2-3-5-9(8)10(11)6-12-7/h2-5,7,10H,6,11H2,1H3/t7?,10-/m1/s1. The fourth-order valence-corrected chi connectivity index (χ4v) is 2.72. The summed E-state index contributed by atoms with van der Waals surface area (Å²) in [6.45, 7) is 2.25. The Morgan fingerprint density at radius 2 is 2.00 bits per heavy atom. The van der Waals surface area contributed by atoms with Gasteiger partial charge in [0.1, 0.15) is 0 Å². The zero-order valence-electron chi connectivity index (χ0n) is 7.16. The molecule has 0 fully saturated rings. The van der Waals surface area contributed by atoms with Gasteiger partial charge < -0.3 is 5.73 Å². The van der Waals surface area contributed by atoms with Crippen LogP contribution in [0.5, 0.6) is 0 Å². The molecule has 1 unspecified atom stereocenters. The topological polar surface area (TPSA) is 26.0 Å². The van der Waals surface area contributed by atoms with Crippen LogP contribution in [0.2, 0.25) is 0 Å². The third-order valence-electron chi connectivity index (χ3n) is 2.36. The van der Waals surface area contributed by atoms with Crippen molar-refractivity contribution >= 4 is 11.8 Å². The van der Waals surface area contributed by atoms with Crippen LogP contribution >= 0.6 is 11.8 Å². The van der Waals surface area contributed by atoms with Crippen LogP contribution in [0.15, 0.2) is 24.3 Å². The Morgan fingerprint density at radius 1 is 1.33 bits per heavy atom. The van der Waals surface area contributed by atoms with Crippen LogP contribution in [0.25, 0.3) is 0 Å². The minimum Gasteiger partial charge on any atom is -0.323 e. The summed E-state index contributed by atoms with van der Waals surface area (Å²) in [7, 11) is 0. The largest absolute Gasteiger partial charge is 0.323 e. The molecule has 64 valence electrons. The number of rotatable bonds is 0. The van der Waals surface area contributed by atoms with E-state index >= 15 is 0 Å². The smallest absolute Gasteiger partial charge is 0.0390 e. The molecule has 1 aromatic carbocycles. The number of benzene rings is 1. The summed E-state index contributed by atoms with van der Waals surface area (Å²) in [5.41, 5.74) is 8.74. The molecule has 0 spiro atoms. The molecule has 1 aliphatic rings. The Balaban J connectivity index is 2.47. The van der Waals surface area contributed by atoms with Gasteiger partial charge in [0.2, 0.25) is 0 Å². The Hall–Kier alpha value is -0.470. The van der Waals surface area contributed by atoms with Crippen molar-refractivity contribution in [2.75, 3.05) is 5.75 Å². The first-order valence-corrected chi connectivity index (χ1v) is 5.30. The van der Waals surface area contributed by atoms with E-state index < -0.39 is 0 Å². The molecule has 2 N–H and O–H groups in total. The summed E-state index contributed by atoms with van der Waals surface area (Å²) < 4.78 is 0. The van der Waals surface area contributed by atoms with Crippen LogP contribution in [0.3, 0.4) is 0 Å². The third-order valence-corrected chi connectivity index (χ3v) is 3.66. The van der Waals surface area contributed by atoms with E-state index in [9.17, 15) is 0 Å². The number of hydrogen-bond donors (Lipinski definition) is 1. The van der Waals surface area contributed by atoms with Crippen LogP contribution in [0, 0.1) is 0 Å². The fourth-order valence-electron chi connectivity index (χ4n) is 1.65. The summed E-state index contributed by atoms with van der Waals surface area (Å²) in [4.78, 5) is 0. The van der Waals surface area contributed by atoms with E-state index in [0.717, 1.165) is 5.75 Å². The second kappa shape index (κ2) is 3.11. The van der Waals surface area contributed by atoms with Crippen LogP contribution in [-0.4, -0.2) is 5.75 Å². The first-order valence-electron chi connectivity index (χ1n) is 4.25. The summed E-state index contributed by atoms with van der Waals surface area (Å²) in [6.07, 6.45) is 0. The van der Waals surface area contributed by atoms with Crippen LogP contribution in [-0.2, 0) is 0 Å². The van der Waals surface area contributed by atoms with Gasteiger partial charge in [-0.25, -0.2) is 0 Å². The lowest BCUT2D eigenvalue weighted by Gasteiger charge is -2.26. The molecule has 0 aromatic heterocycles. The van der Waals surface area contributed by atoms with Gasteiger partial charge in [-0.2, -0.15) is 11.8 Å². The minimum absolute atomic E-state index is 0.238. The van der Waals surface area contributed by atoms with E-state index in [1.54, 1.807) is 0 Å². The second-order valence-corrected chi connectivity index (χ2v) is 4.58. The lowest BCUT2D eigenvalue weighted by molar-refractivity contribution is 0.789. The lowest BCUT2D eigenvalue weighted by atomic mass is 9.99. The SMILES string of the molecule is CC1SC[C@@H](N)c2ccccc21. The van der Waals surface area contributed by atoms with E-state index in [-0.39, 0.29) is 6.04 Å². The summed E-state index contributed by atoms with van der Waals surface area (Å²) >= 11 is 1.94. The monoisotopic (exact) mass is 179 g/mol. The summed E-state index contributed by atoms with van der Waals surface area (Å²) in [5.74, 6) is 1.05. The molecule has 1 heterocycles. The van der Waals surface area contributed by atoms with Gasteiger partial charge >= 0.3 is 0 Å². The molecule has 0 amide bonds. The fraction of sp³-hybridized carbons (Fsp3) is 0.400. The van der Waals surface area contributed by atoms with Crippen molar-refractivity contribution in [1.82, 2.24) is 0 Å². The average Bonchev–Trinajstić information content (AvgIpc) is 2.12. The molecule has 2 atom stereocenters. The highest BCUT2D eigenvalue weighted by atomic mass is 32.2. The maximum Gasteiger partial charge on any atom is 0.0390 e. The highest BCUT2D eigenvalue weighted by Gasteiger charge is 2.21. The second-order valence-electron chi connectivity index (χ2n) is 3.21. The minimum atomic E-state index is 0.238. The lowest BCUT2D eigenvalue weighted by Crippen LogP contribution is -2.20. The van der Waals surface area contributed by atoms with Gasteiger partial charge in [0.25, 0.3) is 0 Å². The Labute approximate surface area is 77.3 Å². The molecule has 0 bridgehead atoms. The van der Waals surface area contributed by atoms with E-state index in [1.165, 1.54) is 11.1 Å². The van der Waals surface area contributed by atoms with Gasteiger partial charge in [0.15, 0.2) is 0 Å². The number of thioether (sulfide) groups is 1. The molecule has 1 nitrogen and oxygen atoms in total. The van der Waals surface area contributed by atoms with Crippen LogP contribution < -0.4 is 5.73 Å². The molecule has 2 rings (SSSR count). The molecule has 0 aliphatic carbocycles. The molecule has 1 aliphatic heterocycles. The van der Waals surface area contributed by atoms with Crippen molar-refractivity contribution < 1.29 is 0 Å². The van der Waals surface area contributed by atoms with Crippen molar-refractivity contribution in [3.05, 3.63) is 35.4 Å². The summed E-state index contributed by atoms with van der Waals surface area (Å²) in [5, 5.41) is 0.612. The first-order chi connectivity index (χ1) is 5.79. The molecular weight excluding hydrogens is 166 g/mol. The van der Waals surface area contributed by atoms with Crippen molar-refractivity contribution in [2.24, 2.45) is 5.73 Å². The van der Waals surface area contributed by atoms with Crippen molar-refractivity contribution in [3.63, 3.8) is 0 Å². The highest BCUT2D eigenvalue weighted by molar-refractivity contribution is 7.99. The highest BCUT2D eigenvalue weighted by Crippen LogP contribution is 2.39. The Bertz CT molecular complexity index is 256. The van der Waals surface area contributed by atoms with E-state index in [0.29, 0.717) is 5.25 Å². The van der Waals surface area contributed by atoms with Crippen molar-refractivity contribution in [3.8, 4) is 0 Å². The average molecular weight is 179 g/mol. The van der Waals surface area contributed by atoms with E-state index in [1.807, 2.05) is 11.8 Å². The van der Waals surface area contributed by atoms with Gasteiger partial charge in [-0.1, -0.05) is 24.3 Å². The van der Waals surface area contributed by atoms with Crippen LogP contribution in [0.1, 0.15) is 29.3 Å². The van der Waals surface area contributed by atoms with Gasteiger partial charge in [0.05, 0.1) is 0 Å². The molecule has 0 saturated heterocycles. The summed E-state index contributed by atoms with van der Waals surface area (Å²) in [6, 6.07) is 8.74. The number of fused-ring (bicyclic) bond motifs is 1. The predicted molar refractivity (Wildman–Crippen MR) is 54.2 cm³/mol. The molecule has 0 radical (unpaired) electrons. The molecule has 1 aromatic rings. The normalized spacial score (nSPS) is 28.2. The zero-order valence-corrected chi connectivity index (χ0v) is 7.97. The third kappa shape index (κ3) is 1.25. The van der Waals surface area contributed by atoms with Crippen LogP contribution in [0.4, 0.5) is 0 Å². The molecule has 12 heavy (non-hydrogen) atoms. The maximum absolute atomic E-state index is 5.99. The Morgan fingerprint density at radius 3 is 2.67 bits per heavy atom. The van der Waals surface area contributed by atoms with E-state index in [2.05, 4.69) is 31.2 Å². The first kappa shape index (κ1) is 8.14. The Kier molecular flexibility index (Phi) is 2.11.